The van der Waals surface area contributed by atoms with Gasteiger partial charge >= 0.3 is 0 Å². The van der Waals surface area contributed by atoms with Crippen LogP contribution in [0.1, 0.15) is 31.4 Å². The molecule has 1 atom stereocenters. The molecule has 1 nitrogen and oxygen atoms in total. The molecule has 0 saturated heterocycles. The second kappa shape index (κ2) is 5.89. The van der Waals surface area contributed by atoms with Gasteiger partial charge in [-0.3, -0.25) is 0 Å². The Balaban J connectivity index is 2.74. The Hall–Kier alpha value is -0.850. The van der Waals surface area contributed by atoms with Crippen LogP contribution in [-0.2, 0) is 0 Å². The minimum absolute atomic E-state index is 0.339. The second-order valence-electron chi connectivity index (χ2n) is 3.15. The predicted molar refractivity (Wildman–Crippen MR) is 61.7 cm³/mol. The van der Waals surface area contributed by atoms with Gasteiger partial charge in [-0.1, -0.05) is 15.9 Å². The van der Waals surface area contributed by atoms with Crippen LogP contribution >= 0.6 is 15.9 Å². The molecule has 1 aromatic rings. The molecule has 0 bridgehead atoms. The summed E-state index contributed by atoms with van der Waals surface area (Å²) in [4.78, 5) is 0. The lowest BCUT2D eigenvalue weighted by atomic mass is 10.1. The molecule has 3 heteroatoms. The van der Waals surface area contributed by atoms with Gasteiger partial charge in [0.05, 0.1) is 6.10 Å². The van der Waals surface area contributed by atoms with Crippen molar-refractivity contribution < 1.29 is 9.50 Å². The van der Waals surface area contributed by atoms with Crippen LogP contribution in [-0.4, -0.2) is 5.11 Å². The topological polar surface area (TPSA) is 20.2 Å². The molecule has 0 saturated carbocycles. The number of benzene rings is 1. The summed E-state index contributed by atoms with van der Waals surface area (Å²) in [5.41, 5.74) is 0.577. The van der Waals surface area contributed by atoms with Crippen LogP contribution in [0.15, 0.2) is 22.7 Å². The highest BCUT2D eigenvalue weighted by atomic mass is 79.9. The minimum atomic E-state index is -0.670. The van der Waals surface area contributed by atoms with Gasteiger partial charge in [-0.25, -0.2) is 4.39 Å². The molecule has 0 amide bonds. The van der Waals surface area contributed by atoms with Crippen molar-refractivity contribution in [3.8, 4) is 11.8 Å². The number of aliphatic hydroxyl groups is 1. The van der Waals surface area contributed by atoms with Crippen LogP contribution in [0.2, 0.25) is 0 Å². The van der Waals surface area contributed by atoms with Crippen LogP contribution in [0, 0.1) is 17.7 Å². The summed E-state index contributed by atoms with van der Waals surface area (Å²) < 4.78 is 13.7. The number of rotatable bonds is 3. The Morgan fingerprint density at radius 2 is 2.27 bits per heavy atom. The van der Waals surface area contributed by atoms with Gasteiger partial charge in [-0.05, 0) is 37.1 Å². The van der Waals surface area contributed by atoms with E-state index in [1.807, 2.05) is 0 Å². The quantitative estimate of drug-likeness (QED) is 0.835. The first-order valence-corrected chi connectivity index (χ1v) is 5.47. The molecule has 1 rings (SSSR count). The Bertz CT molecular complexity index is 392. The molecule has 0 heterocycles. The van der Waals surface area contributed by atoms with E-state index < -0.39 is 6.10 Å². The van der Waals surface area contributed by atoms with Crippen molar-refractivity contribution in [1.82, 2.24) is 0 Å². The minimum Gasteiger partial charge on any atom is -0.388 e. The molecule has 0 spiro atoms. The third-order valence-electron chi connectivity index (χ3n) is 2.04. The smallest absolute Gasteiger partial charge is 0.123 e. The van der Waals surface area contributed by atoms with Gasteiger partial charge in [0.1, 0.15) is 5.82 Å². The van der Waals surface area contributed by atoms with Crippen LogP contribution in [0.4, 0.5) is 4.39 Å². The summed E-state index contributed by atoms with van der Waals surface area (Å²) >= 11 is 3.28. The molecule has 1 unspecified atom stereocenters. The molecule has 0 aliphatic rings. The molecular weight excluding hydrogens is 259 g/mol. The summed E-state index contributed by atoms with van der Waals surface area (Å²) in [6.07, 6.45) is 0.458. The highest BCUT2D eigenvalue weighted by Gasteiger charge is 2.11. The van der Waals surface area contributed by atoms with Gasteiger partial charge in [-0.15, -0.1) is 11.8 Å². The van der Waals surface area contributed by atoms with Gasteiger partial charge in [0.2, 0.25) is 0 Å². The van der Waals surface area contributed by atoms with Crippen LogP contribution in [0.5, 0.6) is 0 Å². The monoisotopic (exact) mass is 270 g/mol. The van der Waals surface area contributed by atoms with Crippen molar-refractivity contribution in [1.29, 1.82) is 0 Å². The molecule has 1 N–H and O–H groups in total. The Morgan fingerprint density at radius 1 is 1.53 bits per heavy atom. The normalized spacial score (nSPS) is 11.7. The van der Waals surface area contributed by atoms with Crippen molar-refractivity contribution in [3.63, 3.8) is 0 Å². The summed E-state index contributed by atoms with van der Waals surface area (Å²) in [6, 6.07) is 4.29. The van der Waals surface area contributed by atoms with E-state index in [1.54, 1.807) is 13.0 Å². The first kappa shape index (κ1) is 12.2. The van der Waals surface area contributed by atoms with E-state index in [-0.39, 0.29) is 5.82 Å². The Kier molecular flexibility index (Phi) is 4.80. The number of halogens is 2. The number of aliphatic hydroxyl groups excluding tert-OH is 1. The maximum Gasteiger partial charge on any atom is 0.123 e. The molecular formula is C12H12BrFO. The average molecular weight is 271 g/mol. The van der Waals surface area contributed by atoms with Crippen molar-refractivity contribution in [2.45, 2.75) is 25.9 Å². The first-order valence-electron chi connectivity index (χ1n) is 4.67. The van der Waals surface area contributed by atoms with Crippen molar-refractivity contribution in [2.24, 2.45) is 0 Å². The van der Waals surface area contributed by atoms with Gasteiger partial charge in [0.15, 0.2) is 0 Å². The van der Waals surface area contributed by atoms with E-state index in [9.17, 15) is 9.50 Å². The molecule has 0 aliphatic carbocycles. The maximum absolute atomic E-state index is 12.9. The zero-order valence-electron chi connectivity index (χ0n) is 8.43. The fraction of sp³-hybridized carbons (Fsp3) is 0.333. The van der Waals surface area contributed by atoms with Gasteiger partial charge in [-0.2, -0.15) is 0 Å². The predicted octanol–water partition coefficient (Wildman–Crippen LogP) is 3.43. The fourth-order valence-corrected chi connectivity index (χ4v) is 1.77. The van der Waals surface area contributed by atoms with Gasteiger partial charge in [0.25, 0.3) is 0 Å². The number of hydrogen-bond donors (Lipinski definition) is 1. The largest absolute Gasteiger partial charge is 0.388 e. The first-order chi connectivity index (χ1) is 7.15. The second-order valence-corrected chi connectivity index (χ2v) is 4.00. The summed E-state index contributed by atoms with van der Waals surface area (Å²) in [5.74, 6) is 5.28. The zero-order chi connectivity index (χ0) is 11.3. The van der Waals surface area contributed by atoms with E-state index in [2.05, 4.69) is 27.8 Å². The maximum atomic E-state index is 12.9. The van der Waals surface area contributed by atoms with Crippen molar-refractivity contribution >= 4 is 15.9 Å². The lowest BCUT2D eigenvalue weighted by Crippen LogP contribution is -1.98. The van der Waals surface area contributed by atoms with E-state index in [1.165, 1.54) is 12.1 Å². The standard InChI is InChI=1S/C12H12BrFO/c1-2-3-4-5-12(15)10-8-9(14)6-7-11(10)13/h6-8,12,15H,4-5H2,1H3. The number of hydrogen-bond acceptors (Lipinski definition) is 1. The van der Waals surface area contributed by atoms with Crippen molar-refractivity contribution in [2.75, 3.05) is 0 Å². The van der Waals surface area contributed by atoms with Crippen LogP contribution < -0.4 is 0 Å². The molecule has 0 aliphatic heterocycles. The average Bonchev–Trinajstić information content (AvgIpc) is 2.22. The van der Waals surface area contributed by atoms with Crippen LogP contribution in [0.25, 0.3) is 0 Å². The highest BCUT2D eigenvalue weighted by Crippen LogP contribution is 2.26. The zero-order valence-corrected chi connectivity index (χ0v) is 10.0. The molecule has 0 radical (unpaired) electrons. The van der Waals surface area contributed by atoms with E-state index in [0.29, 0.717) is 18.4 Å². The Morgan fingerprint density at radius 3 is 2.93 bits per heavy atom. The molecule has 0 aromatic heterocycles. The molecule has 80 valence electrons. The third kappa shape index (κ3) is 3.65. The summed E-state index contributed by atoms with van der Waals surface area (Å²) in [5, 5.41) is 9.79. The van der Waals surface area contributed by atoms with Crippen LogP contribution in [0.3, 0.4) is 0 Å². The van der Waals surface area contributed by atoms with Gasteiger partial charge < -0.3 is 5.11 Å². The summed E-state index contributed by atoms with van der Waals surface area (Å²) in [6.45, 7) is 1.75. The highest BCUT2D eigenvalue weighted by molar-refractivity contribution is 9.10. The van der Waals surface area contributed by atoms with Crippen molar-refractivity contribution in [3.05, 3.63) is 34.1 Å². The SMILES string of the molecule is CC#CCCC(O)c1cc(F)ccc1Br. The lowest BCUT2D eigenvalue weighted by molar-refractivity contribution is 0.168. The molecule has 1 aromatic carbocycles. The third-order valence-corrected chi connectivity index (χ3v) is 2.76. The Labute approximate surface area is 97.4 Å². The van der Waals surface area contributed by atoms with E-state index >= 15 is 0 Å². The molecule has 0 fully saturated rings. The van der Waals surface area contributed by atoms with E-state index in [4.69, 9.17) is 0 Å². The summed E-state index contributed by atoms with van der Waals surface area (Å²) in [7, 11) is 0. The van der Waals surface area contributed by atoms with E-state index in [0.717, 1.165) is 4.47 Å². The fourth-order valence-electron chi connectivity index (χ4n) is 1.26. The van der Waals surface area contributed by atoms with Gasteiger partial charge in [0, 0.05) is 10.9 Å². The lowest BCUT2D eigenvalue weighted by Gasteiger charge is -2.11. The molecule has 15 heavy (non-hydrogen) atoms.